The summed E-state index contributed by atoms with van der Waals surface area (Å²) in [6.07, 6.45) is 3.48. The molecule has 1 aromatic heterocycles. The van der Waals surface area contributed by atoms with Gasteiger partial charge in [0.25, 0.3) is 5.91 Å². The molecular formula is C16H22N4O3S. The van der Waals surface area contributed by atoms with E-state index in [4.69, 9.17) is 5.14 Å². The van der Waals surface area contributed by atoms with Crippen LogP contribution in [0, 0.1) is 12.8 Å². The number of imidazole rings is 1. The molecule has 0 bridgehead atoms. The minimum atomic E-state index is -3.87. The molecule has 0 saturated heterocycles. The predicted molar refractivity (Wildman–Crippen MR) is 90.8 cm³/mol. The van der Waals surface area contributed by atoms with Crippen molar-refractivity contribution in [1.29, 1.82) is 0 Å². The van der Waals surface area contributed by atoms with E-state index in [-0.39, 0.29) is 28.3 Å². The van der Waals surface area contributed by atoms with Crippen LogP contribution in [-0.2, 0) is 17.1 Å². The molecule has 0 aliphatic heterocycles. The molecule has 7 nitrogen and oxygen atoms in total. The van der Waals surface area contributed by atoms with Crippen LogP contribution < -0.4 is 10.5 Å². The predicted octanol–water partition coefficient (Wildman–Crippen LogP) is 1.50. The minimum Gasteiger partial charge on any atom is -0.342 e. The van der Waals surface area contributed by atoms with Gasteiger partial charge in [-0.3, -0.25) is 4.79 Å². The Kier molecular flexibility index (Phi) is 5.10. The Morgan fingerprint density at radius 2 is 2.00 bits per heavy atom. The van der Waals surface area contributed by atoms with Crippen molar-refractivity contribution in [3.05, 3.63) is 47.5 Å². The van der Waals surface area contributed by atoms with E-state index in [9.17, 15) is 13.2 Å². The molecule has 0 aliphatic carbocycles. The fourth-order valence-corrected chi connectivity index (χ4v) is 2.99. The third-order valence-corrected chi connectivity index (χ3v) is 4.78. The molecule has 0 aliphatic rings. The van der Waals surface area contributed by atoms with Gasteiger partial charge in [0.05, 0.1) is 10.9 Å². The number of nitrogens with one attached hydrogen (secondary N) is 1. The van der Waals surface area contributed by atoms with Crippen LogP contribution in [0.1, 0.15) is 41.6 Å². The van der Waals surface area contributed by atoms with E-state index >= 15 is 0 Å². The largest absolute Gasteiger partial charge is 0.342 e. The number of hydrogen-bond donors (Lipinski definition) is 2. The number of rotatable bonds is 5. The van der Waals surface area contributed by atoms with Crippen molar-refractivity contribution in [2.24, 2.45) is 18.1 Å². The molecule has 0 spiro atoms. The number of aromatic nitrogens is 2. The number of aryl methyl sites for hydroxylation is 2. The number of carbonyl (C=O) groups excluding carboxylic acids is 1. The second-order valence-electron chi connectivity index (χ2n) is 6.11. The Bertz CT molecular complexity index is 856. The standard InChI is InChI=1S/C16H22N4O3S/c1-10(2)14(15-18-7-8-20(15)4)19-16(21)13-9-12(24(17,22)23)6-5-11(13)3/h5-10,14H,1-4H3,(H,19,21)(H2,17,22,23). The molecule has 1 unspecified atom stereocenters. The van der Waals surface area contributed by atoms with Crippen molar-refractivity contribution in [1.82, 2.24) is 14.9 Å². The molecule has 1 heterocycles. The average Bonchev–Trinajstić information content (AvgIpc) is 2.89. The monoisotopic (exact) mass is 350 g/mol. The van der Waals surface area contributed by atoms with Crippen molar-refractivity contribution >= 4 is 15.9 Å². The Hall–Kier alpha value is -2.19. The van der Waals surface area contributed by atoms with Crippen LogP contribution in [0.25, 0.3) is 0 Å². The lowest BCUT2D eigenvalue weighted by molar-refractivity contribution is 0.0921. The van der Waals surface area contributed by atoms with Crippen molar-refractivity contribution in [2.45, 2.75) is 31.7 Å². The number of primary sulfonamides is 1. The van der Waals surface area contributed by atoms with Crippen LogP contribution in [0.2, 0.25) is 0 Å². The Balaban J connectivity index is 2.36. The van der Waals surface area contributed by atoms with E-state index in [2.05, 4.69) is 10.3 Å². The zero-order valence-corrected chi connectivity index (χ0v) is 15.0. The molecule has 3 N–H and O–H groups in total. The van der Waals surface area contributed by atoms with E-state index in [0.717, 1.165) is 5.82 Å². The summed E-state index contributed by atoms with van der Waals surface area (Å²) in [5.74, 6) is 0.482. The highest BCUT2D eigenvalue weighted by atomic mass is 32.2. The normalized spacial score (nSPS) is 13.1. The fraction of sp³-hybridized carbons (Fsp3) is 0.375. The summed E-state index contributed by atoms with van der Waals surface area (Å²) in [5.41, 5.74) is 0.948. The summed E-state index contributed by atoms with van der Waals surface area (Å²) >= 11 is 0. The van der Waals surface area contributed by atoms with Crippen molar-refractivity contribution in [3.8, 4) is 0 Å². The zero-order chi connectivity index (χ0) is 18.1. The highest BCUT2D eigenvalue weighted by molar-refractivity contribution is 7.89. The molecule has 130 valence electrons. The van der Waals surface area contributed by atoms with Gasteiger partial charge in [-0.25, -0.2) is 18.5 Å². The van der Waals surface area contributed by atoms with Gasteiger partial charge in [-0.2, -0.15) is 0 Å². The van der Waals surface area contributed by atoms with Crippen LogP contribution in [0.5, 0.6) is 0 Å². The smallest absolute Gasteiger partial charge is 0.252 e. The van der Waals surface area contributed by atoms with Crippen LogP contribution in [-0.4, -0.2) is 23.9 Å². The molecule has 24 heavy (non-hydrogen) atoms. The number of hydrogen-bond acceptors (Lipinski definition) is 4. The van der Waals surface area contributed by atoms with E-state index < -0.39 is 10.0 Å². The average molecular weight is 350 g/mol. The van der Waals surface area contributed by atoms with Crippen molar-refractivity contribution in [2.75, 3.05) is 0 Å². The first-order valence-corrected chi connectivity index (χ1v) is 9.07. The highest BCUT2D eigenvalue weighted by Crippen LogP contribution is 2.21. The third-order valence-electron chi connectivity index (χ3n) is 3.87. The first-order chi connectivity index (χ1) is 11.1. The maximum absolute atomic E-state index is 12.7. The minimum absolute atomic E-state index is 0.0867. The third kappa shape index (κ3) is 3.82. The quantitative estimate of drug-likeness (QED) is 0.852. The van der Waals surface area contributed by atoms with Gasteiger partial charge >= 0.3 is 0 Å². The lowest BCUT2D eigenvalue weighted by Crippen LogP contribution is -2.34. The molecule has 1 amide bonds. The van der Waals surface area contributed by atoms with E-state index in [1.807, 2.05) is 31.7 Å². The van der Waals surface area contributed by atoms with Gasteiger partial charge < -0.3 is 9.88 Å². The summed E-state index contributed by atoms with van der Waals surface area (Å²) in [6, 6.07) is 3.96. The molecule has 2 rings (SSSR count). The van der Waals surface area contributed by atoms with Crippen molar-refractivity contribution < 1.29 is 13.2 Å². The van der Waals surface area contributed by atoms with Gasteiger partial charge in [0.15, 0.2) is 0 Å². The van der Waals surface area contributed by atoms with Gasteiger partial charge in [-0.1, -0.05) is 19.9 Å². The topological polar surface area (TPSA) is 107 Å². The number of amides is 1. The molecular weight excluding hydrogens is 328 g/mol. The van der Waals surface area contributed by atoms with Gasteiger partial charge in [0.1, 0.15) is 5.82 Å². The first-order valence-electron chi connectivity index (χ1n) is 7.52. The molecule has 0 saturated carbocycles. The number of carbonyl (C=O) groups is 1. The highest BCUT2D eigenvalue weighted by Gasteiger charge is 2.24. The summed E-state index contributed by atoms with van der Waals surface area (Å²) in [6.45, 7) is 5.70. The number of nitrogens with zero attached hydrogens (tertiary/aromatic N) is 2. The lowest BCUT2D eigenvalue weighted by atomic mass is 10.0. The van der Waals surface area contributed by atoms with Crippen LogP contribution in [0.3, 0.4) is 0 Å². The summed E-state index contributed by atoms with van der Waals surface area (Å²) in [4.78, 5) is 16.9. The molecule has 1 aromatic carbocycles. The lowest BCUT2D eigenvalue weighted by Gasteiger charge is -2.22. The Morgan fingerprint density at radius 1 is 1.33 bits per heavy atom. The summed E-state index contributed by atoms with van der Waals surface area (Å²) in [7, 11) is -2.01. The Labute approximate surface area is 141 Å². The molecule has 0 radical (unpaired) electrons. The Morgan fingerprint density at radius 3 is 2.50 bits per heavy atom. The van der Waals surface area contributed by atoms with E-state index in [1.165, 1.54) is 12.1 Å². The SMILES string of the molecule is Cc1ccc(S(N)(=O)=O)cc1C(=O)NC(c1nccn1C)C(C)C. The summed E-state index contributed by atoms with van der Waals surface area (Å²) in [5, 5.41) is 8.09. The zero-order valence-electron chi connectivity index (χ0n) is 14.1. The molecule has 2 aromatic rings. The van der Waals surface area contributed by atoms with Gasteiger partial charge in [0, 0.05) is 25.0 Å². The van der Waals surface area contributed by atoms with Crippen molar-refractivity contribution in [3.63, 3.8) is 0 Å². The van der Waals surface area contributed by atoms with Crippen LogP contribution >= 0.6 is 0 Å². The van der Waals surface area contributed by atoms with Crippen LogP contribution in [0.15, 0.2) is 35.5 Å². The maximum Gasteiger partial charge on any atom is 0.252 e. The number of benzene rings is 1. The maximum atomic E-state index is 12.7. The second kappa shape index (κ2) is 6.74. The van der Waals surface area contributed by atoms with Gasteiger partial charge in [-0.05, 0) is 30.5 Å². The van der Waals surface area contributed by atoms with Gasteiger partial charge in [-0.15, -0.1) is 0 Å². The van der Waals surface area contributed by atoms with E-state index in [0.29, 0.717) is 5.56 Å². The summed E-state index contributed by atoms with van der Waals surface area (Å²) < 4.78 is 24.9. The molecule has 1 atom stereocenters. The first kappa shape index (κ1) is 18.2. The second-order valence-corrected chi connectivity index (χ2v) is 7.67. The van der Waals surface area contributed by atoms with Gasteiger partial charge in [0.2, 0.25) is 10.0 Å². The van der Waals surface area contributed by atoms with E-state index in [1.54, 1.807) is 19.2 Å². The molecule has 0 fully saturated rings. The number of sulfonamides is 1. The fourth-order valence-electron chi connectivity index (χ4n) is 2.45. The number of nitrogens with two attached hydrogens (primary N) is 1. The molecule has 8 heteroatoms. The van der Waals surface area contributed by atoms with Crippen LogP contribution in [0.4, 0.5) is 0 Å².